The van der Waals surface area contributed by atoms with E-state index in [1.807, 2.05) is 0 Å². The third kappa shape index (κ3) is 2.24. The van der Waals surface area contributed by atoms with Gasteiger partial charge in [-0.05, 0) is 12.1 Å². The van der Waals surface area contributed by atoms with Crippen molar-refractivity contribution in [3.05, 3.63) is 29.8 Å². The van der Waals surface area contributed by atoms with Crippen LogP contribution in [-0.4, -0.2) is 36.6 Å². The van der Waals surface area contributed by atoms with Gasteiger partial charge in [0.25, 0.3) is 5.91 Å². The second kappa shape index (κ2) is 4.59. The van der Waals surface area contributed by atoms with Gasteiger partial charge in [0.15, 0.2) is 11.6 Å². The lowest BCUT2D eigenvalue weighted by Crippen LogP contribution is -2.40. The van der Waals surface area contributed by atoms with E-state index in [2.05, 4.69) is 10.1 Å². The number of hydrogen-bond donors (Lipinski definition) is 1. The standard InChI is InChI=1S/C11H10F2N2O3/c1-15-9(5-18-11(15)17)10(16)14-6-2-3-7(12)8(13)4-6/h2-4,9H,5H2,1H3,(H,14,16). The van der Waals surface area contributed by atoms with Gasteiger partial charge in [-0.3, -0.25) is 9.69 Å². The zero-order valence-corrected chi connectivity index (χ0v) is 9.44. The van der Waals surface area contributed by atoms with Crippen LogP contribution in [0.3, 0.4) is 0 Å². The summed E-state index contributed by atoms with van der Waals surface area (Å²) in [5, 5.41) is 2.38. The van der Waals surface area contributed by atoms with Crippen molar-refractivity contribution in [2.45, 2.75) is 6.04 Å². The number of benzene rings is 1. The first-order valence-corrected chi connectivity index (χ1v) is 5.14. The molecule has 0 radical (unpaired) electrons. The number of carbonyl (C=O) groups is 2. The molecule has 1 aliphatic rings. The minimum atomic E-state index is -1.06. The zero-order chi connectivity index (χ0) is 13.3. The van der Waals surface area contributed by atoms with E-state index in [4.69, 9.17) is 0 Å². The Morgan fingerprint density at radius 2 is 2.17 bits per heavy atom. The van der Waals surface area contributed by atoms with Gasteiger partial charge in [-0.2, -0.15) is 0 Å². The number of ether oxygens (including phenoxy) is 1. The van der Waals surface area contributed by atoms with E-state index in [1.165, 1.54) is 13.1 Å². The number of amides is 2. The lowest BCUT2D eigenvalue weighted by atomic mass is 10.2. The van der Waals surface area contributed by atoms with Crippen LogP contribution in [0.2, 0.25) is 0 Å². The molecule has 1 atom stereocenters. The van der Waals surface area contributed by atoms with Crippen molar-refractivity contribution in [2.75, 3.05) is 19.0 Å². The third-order valence-electron chi connectivity index (χ3n) is 2.61. The predicted octanol–water partition coefficient (Wildman–Crippen LogP) is 1.35. The molecule has 0 aromatic heterocycles. The molecule has 5 nitrogen and oxygen atoms in total. The molecule has 1 aliphatic heterocycles. The lowest BCUT2D eigenvalue weighted by Gasteiger charge is -2.15. The fourth-order valence-electron chi connectivity index (χ4n) is 1.54. The quantitative estimate of drug-likeness (QED) is 0.869. The molecule has 0 bridgehead atoms. The second-order valence-electron chi connectivity index (χ2n) is 3.82. The normalized spacial score (nSPS) is 18.7. The maximum atomic E-state index is 12.9. The van der Waals surface area contributed by atoms with Gasteiger partial charge >= 0.3 is 6.09 Å². The summed E-state index contributed by atoms with van der Waals surface area (Å²) in [6, 6.07) is 2.23. The second-order valence-corrected chi connectivity index (χ2v) is 3.82. The van der Waals surface area contributed by atoms with Crippen LogP contribution in [0.1, 0.15) is 0 Å². The highest BCUT2D eigenvalue weighted by Gasteiger charge is 2.35. The molecular weight excluding hydrogens is 246 g/mol. The largest absolute Gasteiger partial charge is 0.447 e. The minimum absolute atomic E-state index is 0.0646. The number of rotatable bonds is 2. The summed E-state index contributed by atoms with van der Waals surface area (Å²) in [4.78, 5) is 24.0. The summed E-state index contributed by atoms with van der Waals surface area (Å²) < 4.78 is 30.3. The summed E-state index contributed by atoms with van der Waals surface area (Å²) in [6.45, 7) is -0.0646. The maximum Gasteiger partial charge on any atom is 0.410 e. The van der Waals surface area contributed by atoms with Gasteiger partial charge in [0.05, 0.1) is 0 Å². The first kappa shape index (κ1) is 12.3. The van der Waals surface area contributed by atoms with E-state index in [1.54, 1.807) is 0 Å². The number of halogens is 2. The third-order valence-corrected chi connectivity index (χ3v) is 2.61. The molecule has 1 fully saturated rings. The summed E-state index contributed by atoms with van der Waals surface area (Å²) in [5.41, 5.74) is 0.117. The van der Waals surface area contributed by atoms with Crippen molar-refractivity contribution in [3.8, 4) is 0 Å². The zero-order valence-electron chi connectivity index (χ0n) is 9.44. The molecule has 0 saturated carbocycles. The van der Waals surface area contributed by atoms with Crippen molar-refractivity contribution >= 4 is 17.7 Å². The van der Waals surface area contributed by atoms with E-state index in [9.17, 15) is 18.4 Å². The first-order valence-electron chi connectivity index (χ1n) is 5.14. The molecule has 1 aromatic rings. The van der Waals surface area contributed by atoms with Gasteiger partial charge in [0.1, 0.15) is 12.6 Å². The minimum Gasteiger partial charge on any atom is -0.447 e. The first-order chi connectivity index (χ1) is 8.49. The van der Waals surface area contributed by atoms with E-state index in [-0.39, 0.29) is 12.3 Å². The molecule has 18 heavy (non-hydrogen) atoms. The highest BCUT2D eigenvalue weighted by atomic mass is 19.2. The van der Waals surface area contributed by atoms with Crippen molar-refractivity contribution in [1.29, 1.82) is 0 Å². The average molecular weight is 256 g/mol. The molecule has 2 amide bonds. The van der Waals surface area contributed by atoms with Crippen molar-refractivity contribution in [3.63, 3.8) is 0 Å². The van der Waals surface area contributed by atoms with Crippen molar-refractivity contribution in [2.24, 2.45) is 0 Å². The average Bonchev–Trinajstić information content (AvgIpc) is 2.65. The fraction of sp³-hybridized carbons (Fsp3) is 0.273. The number of anilines is 1. The molecule has 96 valence electrons. The maximum absolute atomic E-state index is 12.9. The number of likely N-dealkylation sites (N-methyl/N-ethyl adjacent to an activating group) is 1. The molecular formula is C11H10F2N2O3. The highest BCUT2D eigenvalue weighted by molar-refractivity contribution is 5.97. The van der Waals surface area contributed by atoms with Crippen LogP contribution < -0.4 is 5.32 Å². The van der Waals surface area contributed by atoms with Crippen LogP contribution in [0.25, 0.3) is 0 Å². The van der Waals surface area contributed by atoms with Crippen molar-refractivity contribution in [1.82, 2.24) is 4.90 Å². The molecule has 1 heterocycles. The Balaban J connectivity index is 2.07. The molecule has 7 heteroatoms. The Bertz CT molecular complexity index is 507. The van der Waals surface area contributed by atoms with E-state index < -0.39 is 29.7 Å². The molecule has 1 unspecified atom stereocenters. The smallest absolute Gasteiger partial charge is 0.410 e. The van der Waals surface area contributed by atoms with E-state index in [0.29, 0.717) is 0 Å². The van der Waals surface area contributed by atoms with Crippen LogP contribution >= 0.6 is 0 Å². The van der Waals surface area contributed by atoms with Crippen LogP contribution in [0, 0.1) is 11.6 Å². The number of cyclic esters (lactones) is 1. The van der Waals surface area contributed by atoms with Crippen LogP contribution in [0.5, 0.6) is 0 Å². The van der Waals surface area contributed by atoms with Gasteiger partial charge in [0.2, 0.25) is 0 Å². The van der Waals surface area contributed by atoms with Gasteiger partial charge in [-0.25, -0.2) is 13.6 Å². The van der Waals surface area contributed by atoms with Crippen LogP contribution in [0.4, 0.5) is 19.3 Å². The molecule has 2 rings (SSSR count). The van der Waals surface area contributed by atoms with Gasteiger partial charge in [0, 0.05) is 18.8 Å². The lowest BCUT2D eigenvalue weighted by molar-refractivity contribution is -0.119. The van der Waals surface area contributed by atoms with Gasteiger partial charge in [-0.1, -0.05) is 0 Å². The number of carbonyl (C=O) groups excluding carboxylic acids is 2. The fourth-order valence-corrected chi connectivity index (χ4v) is 1.54. The predicted molar refractivity (Wildman–Crippen MR) is 57.9 cm³/mol. The molecule has 1 N–H and O–H groups in total. The number of nitrogens with zero attached hydrogens (tertiary/aromatic N) is 1. The summed E-state index contributed by atoms with van der Waals surface area (Å²) in [7, 11) is 1.42. The highest BCUT2D eigenvalue weighted by Crippen LogP contribution is 2.16. The molecule has 1 saturated heterocycles. The molecule has 0 spiro atoms. The molecule has 0 aliphatic carbocycles. The Kier molecular flexibility index (Phi) is 3.14. The van der Waals surface area contributed by atoms with E-state index >= 15 is 0 Å². The Morgan fingerprint density at radius 3 is 2.72 bits per heavy atom. The van der Waals surface area contributed by atoms with Gasteiger partial charge in [-0.15, -0.1) is 0 Å². The Hall–Kier alpha value is -2.18. The number of hydrogen-bond acceptors (Lipinski definition) is 3. The summed E-state index contributed by atoms with van der Waals surface area (Å²) in [6.07, 6.45) is -0.597. The number of nitrogens with one attached hydrogen (secondary N) is 1. The monoisotopic (exact) mass is 256 g/mol. The summed E-state index contributed by atoms with van der Waals surface area (Å²) >= 11 is 0. The summed E-state index contributed by atoms with van der Waals surface area (Å²) in [5.74, 6) is -2.57. The Labute approximate surface area is 101 Å². The van der Waals surface area contributed by atoms with Gasteiger partial charge < -0.3 is 10.1 Å². The van der Waals surface area contributed by atoms with Crippen LogP contribution in [-0.2, 0) is 9.53 Å². The Morgan fingerprint density at radius 1 is 1.44 bits per heavy atom. The van der Waals surface area contributed by atoms with Crippen LogP contribution in [0.15, 0.2) is 18.2 Å². The van der Waals surface area contributed by atoms with Crippen molar-refractivity contribution < 1.29 is 23.1 Å². The van der Waals surface area contributed by atoms with E-state index in [0.717, 1.165) is 17.0 Å². The SMILES string of the molecule is CN1C(=O)OCC1C(=O)Nc1ccc(F)c(F)c1. The molecule has 1 aromatic carbocycles. The topological polar surface area (TPSA) is 58.6 Å².